The molecule has 0 radical (unpaired) electrons. The van der Waals surface area contributed by atoms with Crippen LogP contribution in [0.3, 0.4) is 0 Å². The molecule has 0 bridgehead atoms. The van der Waals surface area contributed by atoms with Gasteiger partial charge in [0.15, 0.2) is 7.14 Å². The Morgan fingerprint density at radius 2 is 1.11 bits per heavy atom. The Labute approximate surface area is 164 Å². The van der Waals surface area contributed by atoms with E-state index < -0.39 is 7.14 Å². The summed E-state index contributed by atoms with van der Waals surface area (Å²) in [7, 11) is 0.162. The molecule has 4 heteroatoms. The standard InChI is InChI=1S/C24H21O3P/c1-26-19-10-14-21(15-11-19)28(25,22-16-12-20(27-2)13-17-22)24-9-5-7-18-6-3-4-8-23(18)24/h3-17H,1-2H3. The highest BCUT2D eigenvalue weighted by molar-refractivity contribution is 7.85. The highest BCUT2D eigenvalue weighted by Gasteiger charge is 2.31. The van der Waals surface area contributed by atoms with Crippen LogP contribution in [-0.2, 0) is 4.57 Å². The molecule has 0 heterocycles. The molecule has 0 aliphatic heterocycles. The Hall–Kier alpha value is -3.03. The van der Waals surface area contributed by atoms with E-state index in [0.717, 1.165) is 38.2 Å². The average Bonchev–Trinajstić information content (AvgIpc) is 2.78. The largest absolute Gasteiger partial charge is 0.497 e. The fourth-order valence-electron chi connectivity index (χ4n) is 3.49. The molecular weight excluding hydrogens is 367 g/mol. The maximum absolute atomic E-state index is 14.7. The van der Waals surface area contributed by atoms with Crippen LogP contribution in [0.15, 0.2) is 91.0 Å². The first kappa shape index (κ1) is 18.3. The summed E-state index contributed by atoms with van der Waals surface area (Å²) in [6.45, 7) is 0. The van der Waals surface area contributed by atoms with Crippen molar-refractivity contribution in [1.29, 1.82) is 0 Å². The van der Waals surface area contributed by atoms with Crippen LogP contribution < -0.4 is 25.4 Å². The molecule has 0 unspecified atom stereocenters. The topological polar surface area (TPSA) is 35.5 Å². The van der Waals surface area contributed by atoms with Crippen molar-refractivity contribution in [3.05, 3.63) is 91.0 Å². The van der Waals surface area contributed by atoms with Crippen LogP contribution in [0.1, 0.15) is 0 Å². The molecule has 4 rings (SSSR count). The molecule has 0 saturated carbocycles. The molecule has 4 aromatic carbocycles. The number of rotatable bonds is 5. The van der Waals surface area contributed by atoms with Gasteiger partial charge in [-0.15, -0.1) is 0 Å². The fourth-order valence-corrected chi connectivity index (χ4v) is 6.33. The van der Waals surface area contributed by atoms with Gasteiger partial charge in [0.25, 0.3) is 0 Å². The summed E-state index contributed by atoms with van der Waals surface area (Å²) in [6, 6.07) is 29.1. The molecule has 0 aliphatic carbocycles. The average molecular weight is 388 g/mol. The first-order valence-electron chi connectivity index (χ1n) is 9.04. The van der Waals surface area contributed by atoms with Crippen LogP contribution in [-0.4, -0.2) is 14.2 Å². The zero-order chi connectivity index (χ0) is 19.6. The third-order valence-corrected chi connectivity index (χ3v) is 8.10. The molecule has 0 atom stereocenters. The summed E-state index contributed by atoms with van der Waals surface area (Å²) in [4.78, 5) is 0. The van der Waals surface area contributed by atoms with E-state index in [1.807, 2.05) is 91.0 Å². The first-order chi connectivity index (χ1) is 13.7. The maximum Gasteiger partial charge on any atom is 0.171 e. The zero-order valence-corrected chi connectivity index (χ0v) is 16.7. The van der Waals surface area contributed by atoms with Crippen molar-refractivity contribution in [1.82, 2.24) is 0 Å². The van der Waals surface area contributed by atoms with Crippen molar-refractivity contribution < 1.29 is 14.0 Å². The predicted molar refractivity (Wildman–Crippen MR) is 116 cm³/mol. The van der Waals surface area contributed by atoms with Crippen molar-refractivity contribution in [2.24, 2.45) is 0 Å². The minimum atomic E-state index is -3.09. The van der Waals surface area contributed by atoms with Gasteiger partial charge in [0.2, 0.25) is 0 Å². The quantitative estimate of drug-likeness (QED) is 0.473. The number of methoxy groups -OCH3 is 2. The van der Waals surface area contributed by atoms with Crippen LogP contribution >= 0.6 is 7.14 Å². The van der Waals surface area contributed by atoms with Gasteiger partial charge in [-0.2, -0.15) is 0 Å². The second-order valence-corrected chi connectivity index (χ2v) is 9.24. The molecule has 0 N–H and O–H groups in total. The summed E-state index contributed by atoms with van der Waals surface area (Å²) in [5.74, 6) is 1.48. The van der Waals surface area contributed by atoms with Gasteiger partial charge in [-0.05, 0) is 59.3 Å². The lowest BCUT2D eigenvalue weighted by molar-refractivity contribution is 0.415. The first-order valence-corrected chi connectivity index (χ1v) is 10.7. The van der Waals surface area contributed by atoms with Gasteiger partial charge in [-0.25, -0.2) is 0 Å². The van der Waals surface area contributed by atoms with Crippen LogP contribution in [0.25, 0.3) is 10.8 Å². The summed E-state index contributed by atoms with van der Waals surface area (Å²) < 4.78 is 25.3. The van der Waals surface area contributed by atoms with E-state index >= 15 is 0 Å². The van der Waals surface area contributed by atoms with E-state index in [4.69, 9.17) is 9.47 Å². The summed E-state index contributed by atoms with van der Waals surface area (Å²) >= 11 is 0. The van der Waals surface area contributed by atoms with E-state index in [2.05, 4.69) is 0 Å². The molecule has 0 saturated heterocycles. The molecule has 0 aliphatic rings. The van der Waals surface area contributed by atoms with Gasteiger partial charge >= 0.3 is 0 Å². The van der Waals surface area contributed by atoms with Crippen LogP contribution in [0.4, 0.5) is 0 Å². The number of hydrogen-bond donors (Lipinski definition) is 0. The van der Waals surface area contributed by atoms with Crippen LogP contribution in [0, 0.1) is 0 Å². The summed E-state index contributed by atoms with van der Waals surface area (Å²) in [6.07, 6.45) is 0. The van der Waals surface area contributed by atoms with E-state index in [-0.39, 0.29) is 0 Å². The van der Waals surface area contributed by atoms with Gasteiger partial charge in [0, 0.05) is 15.9 Å². The Morgan fingerprint density at radius 3 is 1.64 bits per heavy atom. The van der Waals surface area contributed by atoms with Crippen LogP contribution in [0.2, 0.25) is 0 Å². The van der Waals surface area contributed by atoms with Gasteiger partial charge in [-0.1, -0.05) is 42.5 Å². The Bertz CT molecular complexity index is 1090. The third kappa shape index (κ3) is 3.08. The molecule has 0 spiro atoms. The zero-order valence-electron chi connectivity index (χ0n) is 15.8. The summed E-state index contributed by atoms with van der Waals surface area (Å²) in [5, 5.41) is 4.45. The smallest absolute Gasteiger partial charge is 0.171 e. The molecule has 28 heavy (non-hydrogen) atoms. The second-order valence-electron chi connectivity index (χ2n) is 6.50. The number of hydrogen-bond acceptors (Lipinski definition) is 3. The molecule has 4 aromatic rings. The fraction of sp³-hybridized carbons (Fsp3) is 0.0833. The van der Waals surface area contributed by atoms with Crippen molar-refractivity contribution >= 4 is 33.8 Å². The normalized spacial score (nSPS) is 11.4. The van der Waals surface area contributed by atoms with Gasteiger partial charge in [0.1, 0.15) is 11.5 Å². The van der Waals surface area contributed by atoms with Gasteiger partial charge in [0.05, 0.1) is 14.2 Å². The Balaban J connectivity index is 2.01. The number of fused-ring (bicyclic) bond motifs is 1. The van der Waals surface area contributed by atoms with Gasteiger partial charge in [-0.3, -0.25) is 0 Å². The van der Waals surface area contributed by atoms with Gasteiger partial charge < -0.3 is 14.0 Å². The molecule has 3 nitrogen and oxygen atoms in total. The van der Waals surface area contributed by atoms with Crippen LogP contribution in [0.5, 0.6) is 11.5 Å². The predicted octanol–water partition coefficient (Wildman–Crippen LogP) is 4.50. The van der Waals surface area contributed by atoms with E-state index in [1.165, 1.54) is 0 Å². The Morgan fingerprint density at radius 1 is 0.607 bits per heavy atom. The highest BCUT2D eigenvalue weighted by Crippen LogP contribution is 2.44. The lowest BCUT2D eigenvalue weighted by Crippen LogP contribution is -2.25. The van der Waals surface area contributed by atoms with E-state index in [0.29, 0.717) is 0 Å². The maximum atomic E-state index is 14.7. The molecule has 0 amide bonds. The van der Waals surface area contributed by atoms with E-state index in [1.54, 1.807) is 14.2 Å². The summed E-state index contributed by atoms with van der Waals surface area (Å²) in [5.41, 5.74) is 0. The van der Waals surface area contributed by atoms with Crippen molar-refractivity contribution in [2.45, 2.75) is 0 Å². The lowest BCUT2D eigenvalue weighted by Gasteiger charge is -2.22. The minimum absolute atomic E-state index is 0.739. The molecular formula is C24H21O3P. The second kappa shape index (κ2) is 7.53. The highest BCUT2D eigenvalue weighted by atomic mass is 31.2. The number of ether oxygens (including phenoxy) is 2. The number of benzene rings is 4. The lowest BCUT2D eigenvalue weighted by atomic mass is 10.1. The SMILES string of the molecule is COc1ccc(P(=O)(c2ccc(OC)cc2)c2cccc3ccccc23)cc1. The monoisotopic (exact) mass is 388 g/mol. The van der Waals surface area contributed by atoms with Crippen molar-refractivity contribution in [3.63, 3.8) is 0 Å². The Kier molecular flexibility index (Phi) is 4.93. The molecule has 0 aromatic heterocycles. The molecule has 140 valence electrons. The van der Waals surface area contributed by atoms with Crippen molar-refractivity contribution in [3.8, 4) is 11.5 Å². The van der Waals surface area contributed by atoms with E-state index in [9.17, 15) is 4.57 Å². The minimum Gasteiger partial charge on any atom is -0.497 e. The molecule has 0 fully saturated rings. The third-order valence-electron chi connectivity index (χ3n) is 4.98. The van der Waals surface area contributed by atoms with Crippen molar-refractivity contribution in [2.75, 3.05) is 14.2 Å².